The van der Waals surface area contributed by atoms with E-state index in [9.17, 15) is 9.18 Å². The van der Waals surface area contributed by atoms with E-state index < -0.39 is 5.97 Å². The molecule has 1 heterocycles. The van der Waals surface area contributed by atoms with Crippen molar-refractivity contribution >= 4 is 11.7 Å². The smallest absolute Gasteiger partial charge is 0.303 e. The number of unbranched alkanes of at least 4 members (excludes halogenated alkanes) is 1. The molecule has 1 saturated heterocycles. The number of anilines is 1. The first-order valence-electron chi connectivity index (χ1n) is 9.58. The summed E-state index contributed by atoms with van der Waals surface area (Å²) in [5.74, 6) is -0.149. The van der Waals surface area contributed by atoms with Crippen LogP contribution in [0.5, 0.6) is 5.75 Å². The van der Waals surface area contributed by atoms with E-state index in [-0.39, 0.29) is 18.3 Å². The van der Waals surface area contributed by atoms with Crippen molar-refractivity contribution in [3.05, 3.63) is 59.9 Å². The zero-order valence-corrected chi connectivity index (χ0v) is 15.4. The predicted octanol–water partition coefficient (Wildman–Crippen LogP) is 4.67. The number of hydrogen-bond donors (Lipinski definition) is 1. The topological polar surface area (TPSA) is 49.8 Å². The number of hydrogen-bond acceptors (Lipinski definition) is 3. The van der Waals surface area contributed by atoms with Gasteiger partial charge in [0.2, 0.25) is 0 Å². The minimum Gasteiger partial charge on any atom is -0.489 e. The van der Waals surface area contributed by atoms with Crippen LogP contribution in [0, 0.1) is 5.82 Å². The van der Waals surface area contributed by atoms with Gasteiger partial charge < -0.3 is 14.7 Å². The Kier molecular flexibility index (Phi) is 6.69. The lowest BCUT2D eigenvalue weighted by Gasteiger charge is -2.34. The monoisotopic (exact) mass is 371 g/mol. The van der Waals surface area contributed by atoms with Crippen LogP contribution in [-0.2, 0) is 11.2 Å². The number of piperidine rings is 1. The molecule has 3 rings (SSSR count). The molecule has 0 amide bonds. The van der Waals surface area contributed by atoms with E-state index in [0.717, 1.165) is 37.4 Å². The van der Waals surface area contributed by atoms with Crippen LogP contribution in [-0.4, -0.2) is 30.3 Å². The van der Waals surface area contributed by atoms with Crippen LogP contribution in [0.15, 0.2) is 48.5 Å². The lowest BCUT2D eigenvalue weighted by molar-refractivity contribution is -0.137. The van der Waals surface area contributed by atoms with Gasteiger partial charge in [0.15, 0.2) is 0 Å². The van der Waals surface area contributed by atoms with Crippen LogP contribution < -0.4 is 9.64 Å². The fraction of sp³-hybridized carbons (Fsp3) is 0.409. The van der Waals surface area contributed by atoms with E-state index in [2.05, 4.69) is 4.90 Å². The van der Waals surface area contributed by atoms with Crippen molar-refractivity contribution in [3.63, 3.8) is 0 Å². The zero-order valence-electron chi connectivity index (χ0n) is 15.4. The van der Waals surface area contributed by atoms with Crippen LogP contribution >= 0.6 is 0 Å². The van der Waals surface area contributed by atoms with E-state index in [1.165, 1.54) is 0 Å². The van der Waals surface area contributed by atoms with Crippen LogP contribution in [0.1, 0.15) is 37.7 Å². The summed E-state index contributed by atoms with van der Waals surface area (Å²) in [4.78, 5) is 12.7. The predicted molar refractivity (Wildman–Crippen MR) is 104 cm³/mol. The van der Waals surface area contributed by atoms with E-state index >= 15 is 0 Å². The minimum atomic E-state index is -0.803. The highest BCUT2D eigenvalue weighted by molar-refractivity contribution is 5.66. The van der Waals surface area contributed by atoms with Gasteiger partial charge in [0.05, 0.1) is 6.54 Å². The van der Waals surface area contributed by atoms with Crippen molar-refractivity contribution in [2.45, 2.75) is 44.6 Å². The Morgan fingerprint density at radius 3 is 2.74 bits per heavy atom. The highest BCUT2D eigenvalue weighted by Gasteiger charge is 2.22. The molecule has 4 nitrogen and oxygen atoms in total. The van der Waals surface area contributed by atoms with Crippen LogP contribution in [0.4, 0.5) is 10.1 Å². The first-order valence-corrected chi connectivity index (χ1v) is 9.58. The standard InChI is InChI=1S/C22H26FNO3/c23-21-15-18(13-12-17(21)7-4-5-11-22(25)26)24-14-6-10-20(16-24)27-19-8-2-1-3-9-19/h1-3,8-9,12-13,15,20H,4-7,10-11,14,16H2,(H,25,26). The summed E-state index contributed by atoms with van der Waals surface area (Å²) < 4.78 is 20.5. The minimum absolute atomic E-state index is 0.0971. The van der Waals surface area contributed by atoms with E-state index in [4.69, 9.17) is 9.84 Å². The molecule has 0 bridgehead atoms. The molecule has 0 aromatic heterocycles. The summed E-state index contributed by atoms with van der Waals surface area (Å²) in [6, 6.07) is 15.2. The van der Waals surface area contributed by atoms with Crippen molar-refractivity contribution in [1.29, 1.82) is 0 Å². The number of carbonyl (C=O) groups is 1. The van der Waals surface area contributed by atoms with Gasteiger partial charge in [-0.1, -0.05) is 24.3 Å². The molecule has 1 aliphatic rings. The van der Waals surface area contributed by atoms with Crippen molar-refractivity contribution in [3.8, 4) is 5.75 Å². The van der Waals surface area contributed by atoms with Gasteiger partial charge in [0.1, 0.15) is 17.7 Å². The lowest BCUT2D eigenvalue weighted by Crippen LogP contribution is -2.41. The highest BCUT2D eigenvalue weighted by Crippen LogP contribution is 2.25. The molecule has 5 heteroatoms. The van der Waals surface area contributed by atoms with E-state index in [1.807, 2.05) is 42.5 Å². The van der Waals surface area contributed by atoms with E-state index in [1.54, 1.807) is 6.07 Å². The van der Waals surface area contributed by atoms with Crippen LogP contribution in [0.2, 0.25) is 0 Å². The molecule has 0 spiro atoms. The van der Waals surface area contributed by atoms with Gasteiger partial charge in [-0.05, 0) is 61.9 Å². The van der Waals surface area contributed by atoms with Gasteiger partial charge in [-0.25, -0.2) is 4.39 Å². The molecule has 1 atom stereocenters. The number of rotatable bonds is 8. The Morgan fingerprint density at radius 2 is 2.00 bits per heavy atom. The number of aryl methyl sites for hydroxylation is 1. The van der Waals surface area contributed by atoms with Crippen LogP contribution in [0.25, 0.3) is 0 Å². The zero-order chi connectivity index (χ0) is 19.1. The number of benzene rings is 2. The Balaban J connectivity index is 1.57. The number of aliphatic carboxylic acids is 1. The Bertz CT molecular complexity index is 750. The van der Waals surface area contributed by atoms with Crippen LogP contribution in [0.3, 0.4) is 0 Å². The van der Waals surface area contributed by atoms with Crippen molar-refractivity contribution in [1.82, 2.24) is 0 Å². The first kappa shape index (κ1) is 19.2. The fourth-order valence-electron chi connectivity index (χ4n) is 3.49. The SMILES string of the molecule is O=C(O)CCCCc1ccc(N2CCCC(Oc3ccccc3)C2)cc1F. The largest absolute Gasteiger partial charge is 0.489 e. The summed E-state index contributed by atoms with van der Waals surface area (Å²) in [7, 11) is 0. The number of halogens is 1. The van der Waals surface area contributed by atoms with Crippen molar-refractivity contribution in [2.75, 3.05) is 18.0 Å². The van der Waals surface area contributed by atoms with Gasteiger partial charge in [-0.15, -0.1) is 0 Å². The maximum absolute atomic E-state index is 14.5. The Labute approximate surface area is 159 Å². The second kappa shape index (κ2) is 9.40. The van der Waals surface area contributed by atoms with Gasteiger partial charge in [-0.3, -0.25) is 4.79 Å². The van der Waals surface area contributed by atoms with Gasteiger partial charge >= 0.3 is 5.97 Å². The molecule has 1 fully saturated rings. The molecule has 144 valence electrons. The second-order valence-corrected chi connectivity index (χ2v) is 7.02. The van der Waals surface area contributed by atoms with E-state index in [0.29, 0.717) is 24.8 Å². The maximum Gasteiger partial charge on any atom is 0.303 e. The quantitative estimate of drug-likeness (QED) is 0.685. The molecule has 0 saturated carbocycles. The third kappa shape index (κ3) is 5.71. The first-order chi connectivity index (χ1) is 13.1. The normalized spacial score (nSPS) is 16.9. The van der Waals surface area contributed by atoms with Crippen molar-refractivity contribution in [2.24, 2.45) is 0 Å². The fourth-order valence-corrected chi connectivity index (χ4v) is 3.49. The molecule has 1 unspecified atom stereocenters. The summed E-state index contributed by atoms with van der Waals surface area (Å²) in [6.07, 6.45) is 4.06. The summed E-state index contributed by atoms with van der Waals surface area (Å²) in [5.41, 5.74) is 1.53. The maximum atomic E-state index is 14.5. The summed E-state index contributed by atoms with van der Waals surface area (Å²) in [5, 5.41) is 8.67. The molecule has 1 N–H and O–H groups in total. The van der Waals surface area contributed by atoms with Gasteiger partial charge in [-0.2, -0.15) is 0 Å². The molecule has 2 aromatic carbocycles. The highest BCUT2D eigenvalue weighted by atomic mass is 19.1. The number of ether oxygens (including phenoxy) is 1. The number of carboxylic acid groups (broad SMARTS) is 1. The third-order valence-electron chi connectivity index (χ3n) is 4.91. The summed E-state index contributed by atoms with van der Waals surface area (Å²) >= 11 is 0. The molecule has 27 heavy (non-hydrogen) atoms. The molecular weight excluding hydrogens is 345 g/mol. The average molecular weight is 371 g/mol. The molecule has 0 radical (unpaired) electrons. The van der Waals surface area contributed by atoms with Crippen molar-refractivity contribution < 1.29 is 19.0 Å². The van der Waals surface area contributed by atoms with Gasteiger partial charge in [0.25, 0.3) is 0 Å². The molecule has 2 aromatic rings. The number of nitrogens with zero attached hydrogens (tertiary/aromatic N) is 1. The Hall–Kier alpha value is -2.56. The Morgan fingerprint density at radius 1 is 1.19 bits per heavy atom. The average Bonchev–Trinajstić information content (AvgIpc) is 2.67. The third-order valence-corrected chi connectivity index (χ3v) is 4.91. The molecular formula is C22H26FNO3. The summed E-state index contributed by atoms with van der Waals surface area (Å²) in [6.45, 7) is 1.64. The van der Waals surface area contributed by atoms with Gasteiger partial charge in [0, 0.05) is 18.7 Å². The second-order valence-electron chi connectivity index (χ2n) is 7.02. The molecule has 1 aliphatic heterocycles. The molecule has 0 aliphatic carbocycles. The number of para-hydroxylation sites is 1. The lowest BCUT2D eigenvalue weighted by atomic mass is 10.0. The number of carboxylic acids is 1.